The molecular weight excluding hydrogens is 411 g/mol. The van der Waals surface area contributed by atoms with Crippen LogP contribution in [0.3, 0.4) is 0 Å². The Morgan fingerprint density at radius 3 is 2.12 bits per heavy atom. The number of alkyl halides is 1. The summed E-state index contributed by atoms with van der Waals surface area (Å²) in [7, 11) is -4.40. The summed E-state index contributed by atoms with van der Waals surface area (Å²) in [5.74, 6) is 0. The van der Waals surface area contributed by atoms with Crippen molar-refractivity contribution in [2.45, 2.75) is 5.33 Å². The van der Waals surface area contributed by atoms with Crippen molar-refractivity contribution in [1.82, 2.24) is 0 Å². The summed E-state index contributed by atoms with van der Waals surface area (Å²) in [5.41, 5.74) is 4.33. The van der Waals surface area contributed by atoms with Crippen molar-refractivity contribution in [3.05, 3.63) is 89.5 Å². The number of halogens is 1. The molecule has 0 aliphatic rings. The Kier molecular flexibility index (Phi) is 5.90. The first-order valence-electron chi connectivity index (χ1n) is 8.06. The van der Waals surface area contributed by atoms with Crippen LogP contribution < -0.4 is 5.30 Å². The predicted octanol–water partition coefficient (Wildman–Crippen LogP) is 5.22. The van der Waals surface area contributed by atoms with Crippen molar-refractivity contribution < 1.29 is 14.4 Å². The van der Waals surface area contributed by atoms with Crippen LogP contribution in [-0.2, 0) is 9.90 Å². The fraction of sp³-hybridized carbons (Fsp3) is 0.0476. The van der Waals surface area contributed by atoms with Crippen LogP contribution in [0.4, 0.5) is 0 Å². The van der Waals surface area contributed by atoms with Gasteiger partial charge in [0.15, 0.2) is 0 Å². The Morgan fingerprint density at radius 1 is 0.846 bits per heavy atom. The molecule has 2 N–H and O–H groups in total. The van der Waals surface area contributed by atoms with Gasteiger partial charge in [-0.2, -0.15) is 0 Å². The zero-order valence-electron chi connectivity index (χ0n) is 13.9. The lowest BCUT2D eigenvalue weighted by Gasteiger charge is -2.11. The highest BCUT2D eigenvalue weighted by molar-refractivity contribution is 9.08. The van der Waals surface area contributed by atoms with Crippen LogP contribution in [0.25, 0.3) is 23.3 Å². The van der Waals surface area contributed by atoms with Crippen molar-refractivity contribution >= 4 is 41.0 Å². The Bertz CT molecular complexity index is 960. The second kappa shape index (κ2) is 8.15. The third kappa shape index (κ3) is 4.60. The van der Waals surface area contributed by atoms with E-state index in [1.165, 1.54) is 0 Å². The smallest absolute Gasteiger partial charge is 0.321 e. The Balaban J connectivity index is 2.00. The molecule has 132 valence electrons. The standard InChI is InChI=1S/C21H18BrO3P/c22-15-17-7-9-18(10-8-17)20-13-12-19(21(14-20)26(23,24)25)11-6-16-4-2-1-3-5-16/h1-14H,15H2,(H2,23,24,25)/b11-6+. The van der Waals surface area contributed by atoms with Crippen LogP contribution in [0.1, 0.15) is 16.7 Å². The molecule has 3 aromatic carbocycles. The molecule has 0 heterocycles. The molecule has 0 fully saturated rings. The van der Waals surface area contributed by atoms with E-state index in [1.54, 1.807) is 18.2 Å². The fourth-order valence-electron chi connectivity index (χ4n) is 2.65. The van der Waals surface area contributed by atoms with Gasteiger partial charge in [-0.05, 0) is 33.9 Å². The highest BCUT2D eigenvalue weighted by Gasteiger charge is 2.21. The molecule has 0 atom stereocenters. The average Bonchev–Trinajstić information content (AvgIpc) is 2.66. The largest absolute Gasteiger partial charge is 0.356 e. The van der Waals surface area contributed by atoms with Gasteiger partial charge < -0.3 is 9.79 Å². The van der Waals surface area contributed by atoms with Gasteiger partial charge in [-0.1, -0.05) is 94.8 Å². The SMILES string of the molecule is O=P(O)(O)c1cc(-c2ccc(CBr)cc2)ccc1/C=C/c1ccccc1. The van der Waals surface area contributed by atoms with Crippen molar-refractivity contribution in [1.29, 1.82) is 0 Å². The molecule has 0 amide bonds. The van der Waals surface area contributed by atoms with E-state index in [9.17, 15) is 14.4 Å². The third-order valence-corrected chi connectivity index (χ3v) is 5.70. The third-order valence-electron chi connectivity index (χ3n) is 4.04. The summed E-state index contributed by atoms with van der Waals surface area (Å²) in [4.78, 5) is 19.6. The monoisotopic (exact) mass is 428 g/mol. The van der Waals surface area contributed by atoms with E-state index in [4.69, 9.17) is 0 Å². The van der Waals surface area contributed by atoms with Crippen LogP contribution in [0.5, 0.6) is 0 Å². The van der Waals surface area contributed by atoms with Crippen LogP contribution in [0, 0.1) is 0 Å². The van der Waals surface area contributed by atoms with Gasteiger partial charge in [0.1, 0.15) is 0 Å². The van der Waals surface area contributed by atoms with Gasteiger partial charge in [0, 0.05) is 5.33 Å². The highest BCUT2D eigenvalue weighted by atomic mass is 79.9. The predicted molar refractivity (Wildman–Crippen MR) is 112 cm³/mol. The molecule has 0 spiro atoms. The van der Waals surface area contributed by atoms with Crippen LogP contribution in [-0.4, -0.2) is 9.79 Å². The number of hydrogen-bond donors (Lipinski definition) is 2. The summed E-state index contributed by atoms with van der Waals surface area (Å²) in [6.45, 7) is 0. The molecule has 3 rings (SSSR count). The first kappa shape index (κ1) is 18.8. The summed E-state index contributed by atoms with van der Waals surface area (Å²) in [6.07, 6.45) is 3.58. The maximum Gasteiger partial charge on any atom is 0.356 e. The maximum atomic E-state index is 12.0. The van der Waals surface area contributed by atoms with E-state index in [0.29, 0.717) is 5.56 Å². The average molecular weight is 429 g/mol. The Labute approximate surface area is 161 Å². The number of rotatable bonds is 5. The maximum absolute atomic E-state index is 12.0. The molecule has 0 saturated carbocycles. The molecule has 0 unspecified atom stereocenters. The van der Waals surface area contributed by atoms with Crippen molar-refractivity contribution in [3.63, 3.8) is 0 Å². The molecule has 3 nitrogen and oxygen atoms in total. The topological polar surface area (TPSA) is 57.5 Å². The lowest BCUT2D eigenvalue weighted by Crippen LogP contribution is -2.08. The molecule has 0 aromatic heterocycles. The summed E-state index contributed by atoms with van der Waals surface area (Å²) in [5, 5.41) is 0.802. The van der Waals surface area contributed by atoms with Crippen LogP contribution in [0.15, 0.2) is 72.8 Å². The zero-order chi connectivity index (χ0) is 18.6. The van der Waals surface area contributed by atoms with Crippen LogP contribution >= 0.6 is 23.5 Å². The summed E-state index contributed by atoms with van der Waals surface area (Å²) in [6, 6.07) is 22.7. The van der Waals surface area contributed by atoms with Crippen LogP contribution in [0.2, 0.25) is 0 Å². The highest BCUT2D eigenvalue weighted by Crippen LogP contribution is 2.37. The van der Waals surface area contributed by atoms with E-state index in [0.717, 1.165) is 27.6 Å². The summed E-state index contributed by atoms with van der Waals surface area (Å²) < 4.78 is 12.0. The normalized spacial score (nSPS) is 11.8. The quantitative estimate of drug-likeness (QED) is 0.332. The van der Waals surface area contributed by atoms with Gasteiger partial charge in [-0.25, -0.2) is 0 Å². The van der Waals surface area contributed by atoms with E-state index in [2.05, 4.69) is 15.9 Å². The molecule has 5 heteroatoms. The van der Waals surface area contributed by atoms with Crippen molar-refractivity contribution in [3.8, 4) is 11.1 Å². The second-order valence-corrected chi connectivity index (χ2v) is 8.02. The minimum atomic E-state index is -4.40. The molecule has 0 aliphatic heterocycles. The van der Waals surface area contributed by atoms with E-state index in [1.807, 2.05) is 66.7 Å². The fourth-order valence-corrected chi connectivity index (χ4v) is 3.82. The molecule has 3 aromatic rings. The van der Waals surface area contributed by atoms with Crippen molar-refractivity contribution in [2.75, 3.05) is 0 Å². The van der Waals surface area contributed by atoms with Crippen molar-refractivity contribution in [2.24, 2.45) is 0 Å². The first-order chi connectivity index (χ1) is 12.5. The molecule has 0 aliphatic carbocycles. The van der Waals surface area contributed by atoms with E-state index in [-0.39, 0.29) is 5.30 Å². The second-order valence-electron chi connectivity index (χ2n) is 5.89. The zero-order valence-corrected chi connectivity index (χ0v) is 16.4. The summed E-state index contributed by atoms with van der Waals surface area (Å²) >= 11 is 3.41. The molecular formula is C21H18BrO3P. The van der Waals surface area contributed by atoms with Gasteiger partial charge in [-0.15, -0.1) is 0 Å². The lowest BCUT2D eigenvalue weighted by molar-refractivity contribution is 0.387. The van der Waals surface area contributed by atoms with Gasteiger partial charge in [0.2, 0.25) is 0 Å². The van der Waals surface area contributed by atoms with E-state index < -0.39 is 7.60 Å². The molecule has 0 radical (unpaired) electrons. The van der Waals surface area contributed by atoms with Gasteiger partial charge in [0.05, 0.1) is 5.30 Å². The van der Waals surface area contributed by atoms with Gasteiger partial charge in [-0.3, -0.25) is 4.57 Å². The number of hydrogen-bond acceptors (Lipinski definition) is 1. The molecule has 0 bridgehead atoms. The Hall–Kier alpha value is -1.97. The van der Waals surface area contributed by atoms with Gasteiger partial charge in [0.25, 0.3) is 0 Å². The Morgan fingerprint density at radius 2 is 1.50 bits per heavy atom. The lowest BCUT2D eigenvalue weighted by atomic mass is 10.0. The minimum absolute atomic E-state index is 0.0340. The molecule has 0 saturated heterocycles. The number of benzene rings is 3. The first-order valence-corrected chi connectivity index (χ1v) is 10.8. The van der Waals surface area contributed by atoms with Gasteiger partial charge >= 0.3 is 7.60 Å². The van der Waals surface area contributed by atoms with E-state index >= 15 is 0 Å². The minimum Gasteiger partial charge on any atom is -0.321 e. The molecule has 26 heavy (non-hydrogen) atoms.